The van der Waals surface area contributed by atoms with E-state index in [1.165, 1.54) is 30.3 Å². The maximum atomic E-state index is 14.4. The molecule has 3 aromatic rings. The van der Waals surface area contributed by atoms with Crippen LogP contribution in [0.4, 0.5) is 5.69 Å². The van der Waals surface area contributed by atoms with Crippen LogP contribution in [0.5, 0.6) is 17.2 Å². The third-order valence-corrected chi connectivity index (χ3v) is 10.5. The van der Waals surface area contributed by atoms with Crippen LogP contribution < -0.4 is 18.9 Å². The molecule has 3 aromatic carbocycles. The van der Waals surface area contributed by atoms with E-state index in [4.69, 9.17) is 30.5 Å². The summed E-state index contributed by atoms with van der Waals surface area (Å²) in [6, 6.07) is 15.9. The third kappa shape index (κ3) is 9.58. The van der Waals surface area contributed by atoms with E-state index in [9.17, 15) is 18.3 Å². The summed E-state index contributed by atoms with van der Waals surface area (Å²) in [5.74, 6) is 1.33. The van der Waals surface area contributed by atoms with E-state index in [0.29, 0.717) is 37.0 Å². The molecule has 0 fully saturated rings. The number of likely N-dealkylation sites (N-methyl/N-ethyl adjacent to an activating group) is 1. The second-order valence-corrected chi connectivity index (χ2v) is 15.1. The van der Waals surface area contributed by atoms with Gasteiger partial charge < -0.3 is 29.0 Å². The van der Waals surface area contributed by atoms with Crippen molar-refractivity contribution < 1.29 is 37.3 Å². The fourth-order valence-corrected chi connectivity index (χ4v) is 7.17. The molecule has 1 amide bonds. The van der Waals surface area contributed by atoms with Gasteiger partial charge in [-0.25, -0.2) is 8.42 Å². The zero-order chi connectivity index (χ0) is 35.1. The highest BCUT2D eigenvalue weighted by Gasteiger charge is 2.31. The number of nitrogens with zero attached hydrogens (tertiary/aromatic N) is 2. The first-order valence-electron chi connectivity index (χ1n) is 16.6. The molecule has 2 heterocycles. The van der Waals surface area contributed by atoms with E-state index in [2.05, 4.69) is 9.62 Å². The first kappa shape index (κ1) is 36.7. The van der Waals surface area contributed by atoms with Crippen LogP contribution in [0.15, 0.2) is 65.6 Å². The molecule has 2 aliphatic rings. The fraction of sp³-hybridized carbons (Fsp3) is 0.472. The Hall–Kier alpha value is -3.55. The Kier molecular flexibility index (Phi) is 12.3. The Morgan fingerprint density at radius 1 is 1.02 bits per heavy atom. The maximum Gasteiger partial charge on any atom is 0.261 e. The molecule has 13 heteroatoms. The van der Waals surface area contributed by atoms with Crippen molar-refractivity contribution in [3.63, 3.8) is 0 Å². The summed E-state index contributed by atoms with van der Waals surface area (Å²) in [5, 5.41) is 10.7. The van der Waals surface area contributed by atoms with E-state index in [1.807, 2.05) is 39.1 Å². The monoisotopic (exact) mass is 715 g/mol. The molecule has 0 radical (unpaired) electrons. The van der Waals surface area contributed by atoms with E-state index in [0.717, 1.165) is 36.3 Å². The van der Waals surface area contributed by atoms with E-state index >= 15 is 0 Å². The molecular weight excluding hydrogens is 670 g/mol. The van der Waals surface area contributed by atoms with Gasteiger partial charge in [-0.1, -0.05) is 24.6 Å². The smallest absolute Gasteiger partial charge is 0.261 e. The van der Waals surface area contributed by atoms with Crippen molar-refractivity contribution in [3.8, 4) is 17.2 Å². The van der Waals surface area contributed by atoms with Crippen molar-refractivity contribution in [2.24, 2.45) is 5.92 Å². The van der Waals surface area contributed by atoms with E-state index in [1.54, 1.807) is 24.0 Å². The standard InChI is InChI=1S/C36H46ClN3O8S/c1-24-19-40(25(2)22-41)36(42)31-18-29(38-49(43,44)30-12-9-28(37)10-13-30)11-15-32(31)48-26(3)7-5-6-16-45-35(24)21-39(4)20-27-8-14-33-34(17-27)47-23-46-33/h8-15,17-18,24-26,35,38,41H,5-7,16,19-23H2,1-4H3/t24-,25-,26-,35-/m0/s1. The number of fused-ring (bicyclic) bond motifs is 2. The first-order chi connectivity index (χ1) is 23.4. The number of hydrogen-bond acceptors (Lipinski definition) is 9. The van der Waals surface area contributed by atoms with Crippen molar-refractivity contribution in [1.29, 1.82) is 0 Å². The Morgan fingerprint density at radius 2 is 1.76 bits per heavy atom. The predicted molar refractivity (Wildman–Crippen MR) is 188 cm³/mol. The zero-order valence-electron chi connectivity index (χ0n) is 28.4. The second-order valence-electron chi connectivity index (χ2n) is 13.0. The first-order valence-corrected chi connectivity index (χ1v) is 18.5. The lowest BCUT2D eigenvalue weighted by atomic mass is 10.0. The largest absolute Gasteiger partial charge is 0.490 e. The average molecular weight is 716 g/mol. The van der Waals surface area contributed by atoms with Gasteiger partial charge in [0.2, 0.25) is 6.79 Å². The number of hydrogen-bond donors (Lipinski definition) is 2. The Balaban J connectivity index is 1.40. The van der Waals surface area contributed by atoms with Crippen LogP contribution in [0.2, 0.25) is 5.02 Å². The number of sulfonamides is 1. The molecule has 0 saturated heterocycles. The van der Waals surface area contributed by atoms with Gasteiger partial charge in [-0.2, -0.15) is 0 Å². The summed E-state index contributed by atoms with van der Waals surface area (Å²) < 4.78 is 52.8. The predicted octanol–water partition coefficient (Wildman–Crippen LogP) is 5.80. The number of aliphatic hydroxyl groups is 1. The second kappa shape index (κ2) is 16.4. The lowest BCUT2D eigenvalue weighted by Gasteiger charge is -2.36. The Labute approximate surface area is 294 Å². The Morgan fingerprint density at radius 3 is 2.51 bits per heavy atom. The van der Waals surface area contributed by atoms with Gasteiger partial charge >= 0.3 is 0 Å². The highest BCUT2D eigenvalue weighted by molar-refractivity contribution is 7.92. The lowest BCUT2D eigenvalue weighted by Crippen LogP contribution is -2.47. The van der Waals surface area contributed by atoms with Crippen molar-refractivity contribution >= 4 is 33.2 Å². The molecule has 2 aliphatic heterocycles. The van der Waals surface area contributed by atoms with Gasteiger partial charge in [-0.3, -0.25) is 14.4 Å². The van der Waals surface area contributed by atoms with Gasteiger partial charge in [0.15, 0.2) is 11.5 Å². The summed E-state index contributed by atoms with van der Waals surface area (Å²) in [4.78, 5) is 18.3. The SMILES string of the molecule is C[C@H]1CCCCO[C@@H](CN(C)Cc2ccc3c(c2)OCO3)[C@@H](C)CN([C@@H](C)CO)C(=O)c2cc(NS(=O)(=O)c3ccc(Cl)cc3)ccc2O1. The number of amides is 1. The van der Waals surface area contributed by atoms with Crippen LogP contribution >= 0.6 is 11.6 Å². The molecule has 49 heavy (non-hydrogen) atoms. The van der Waals surface area contributed by atoms with Gasteiger partial charge in [-0.15, -0.1) is 0 Å². The number of benzene rings is 3. The Bertz CT molecular complexity index is 1690. The molecule has 266 valence electrons. The van der Waals surface area contributed by atoms with Crippen LogP contribution in [0.3, 0.4) is 0 Å². The highest BCUT2D eigenvalue weighted by atomic mass is 35.5. The van der Waals surface area contributed by atoms with Gasteiger partial charge in [-0.05, 0) is 100 Å². The summed E-state index contributed by atoms with van der Waals surface area (Å²) in [5.41, 5.74) is 1.49. The summed E-state index contributed by atoms with van der Waals surface area (Å²) >= 11 is 5.96. The molecule has 0 aliphatic carbocycles. The molecule has 5 rings (SSSR count). The maximum absolute atomic E-state index is 14.4. The van der Waals surface area contributed by atoms with Crippen molar-refractivity contribution in [3.05, 3.63) is 76.8 Å². The topological polar surface area (TPSA) is 127 Å². The summed E-state index contributed by atoms with van der Waals surface area (Å²) in [6.45, 7) is 7.87. The molecule has 0 saturated carbocycles. The molecule has 0 spiro atoms. The fourth-order valence-electron chi connectivity index (χ4n) is 6.00. The van der Waals surface area contributed by atoms with E-state index in [-0.39, 0.29) is 53.6 Å². The van der Waals surface area contributed by atoms with Gasteiger partial charge in [0.05, 0.1) is 35.3 Å². The van der Waals surface area contributed by atoms with Crippen molar-refractivity contribution in [2.45, 2.75) is 69.7 Å². The van der Waals surface area contributed by atoms with Crippen LogP contribution in [0.25, 0.3) is 0 Å². The number of carbonyl (C=O) groups is 1. The van der Waals surface area contributed by atoms with Gasteiger partial charge in [0.25, 0.3) is 15.9 Å². The van der Waals surface area contributed by atoms with Crippen LogP contribution in [0, 0.1) is 5.92 Å². The van der Waals surface area contributed by atoms with Crippen LogP contribution in [-0.2, 0) is 21.3 Å². The number of aliphatic hydroxyl groups excluding tert-OH is 1. The number of nitrogens with one attached hydrogen (secondary N) is 1. The van der Waals surface area contributed by atoms with Crippen LogP contribution in [0.1, 0.15) is 56.0 Å². The molecule has 2 N–H and O–H groups in total. The van der Waals surface area contributed by atoms with Crippen molar-refractivity contribution in [1.82, 2.24) is 9.80 Å². The van der Waals surface area contributed by atoms with Crippen LogP contribution in [-0.4, -0.2) is 87.6 Å². The number of rotatable bonds is 9. The van der Waals surface area contributed by atoms with Crippen molar-refractivity contribution in [2.75, 3.05) is 44.9 Å². The molecule has 4 atom stereocenters. The van der Waals surface area contributed by atoms with Gasteiger partial charge in [0, 0.05) is 42.9 Å². The van der Waals surface area contributed by atoms with E-state index < -0.39 is 16.1 Å². The third-order valence-electron chi connectivity index (χ3n) is 8.81. The molecule has 11 nitrogen and oxygen atoms in total. The average Bonchev–Trinajstić information content (AvgIpc) is 3.54. The lowest BCUT2D eigenvalue weighted by molar-refractivity contribution is -0.0177. The minimum absolute atomic E-state index is 0.0343. The quantitative estimate of drug-likeness (QED) is 0.283. The molecule has 0 bridgehead atoms. The molecule has 0 aromatic heterocycles. The number of carbonyl (C=O) groups excluding carboxylic acids is 1. The highest BCUT2D eigenvalue weighted by Crippen LogP contribution is 2.33. The normalized spacial score (nSPS) is 21.1. The number of anilines is 1. The zero-order valence-corrected chi connectivity index (χ0v) is 30.0. The minimum atomic E-state index is -3.97. The van der Waals surface area contributed by atoms with Gasteiger partial charge in [0.1, 0.15) is 5.75 Å². The summed E-state index contributed by atoms with van der Waals surface area (Å²) in [7, 11) is -1.94. The summed E-state index contributed by atoms with van der Waals surface area (Å²) in [6.07, 6.45) is 2.02. The number of ether oxygens (including phenoxy) is 4. The number of halogens is 1. The molecular formula is C36H46ClN3O8S. The minimum Gasteiger partial charge on any atom is -0.490 e. The molecule has 0 unspecified atom stereocenters.